The number of halogens is 2. The van der Waals surface area contributed by atoms with E-state index in [4.69, 9.17) is 22.6 Å². The van der Waals surface area contributed by atoms with Gasteiger partial charge < -0.3 is 20.1 Å². The van der Waals surface area contributed by atoms with Gasteiger partial charge in [-0.15, -0.1) is 12.8 Å². The van der Waals surface area contributed by atoms with Crippen LogP contribution >= 0.6 is 0 Å². The molecule has 45 heavy (non-hydrogen) atoms. The van der Waals surface area contributed by atoms with E-state index in [0.29, 0.717) is 23.2 Å². The predicted octanol–water partition coefficient (Wildman–Crippen LogP) is 4.74. The molecular weight excluding hydrogens is 574 g/mol. The van der Waals surface area contributed by atoms with Crippen LogP contribution in [0.4, 0.5) is 14.6 Å². The first-order valence-corrected chi connectivity index (χ1v) is 15.6. The van der Waals surface area contributed by atoms with E-state index in [1.807, 2.05) is 0 Å². The summed E-state index contributed by atoms with van der Waals surface area (Å²) in [5, 5.41) is 15.1. The van der Waals surface area contributed by atoms with Crippen molar-refractivity contribution >= 4 is 27.5 Å². The zero-order valence-electron chi connectivity index (χ0n) is 24.7. The number of anilines is 1. The number of pyridine rings is 1. The molecule has 8 rings (SSSR count). The Morgan fingerprint density at radius 1 is 1.00 bits per heavy atom. The molecule has 0 aliphatic carbocycles. The van der Waals surface area contributed by atoms with Crippen LogP contribution in [0.5, 0.6) is 11.8 Å². The lowest BCUT2D eigenvalue weighted by atomic mass is 9.95. The van der Waals surface area contributed by atoms with Crippen LogP contribution in [0.15, 0.2) is 24.3 Å². The van der Waals surface area contributed by atoms with Crippen molar-refractivity contribution in [2.75, 3.05) is 37.7 Å². The highest BCUT2D eigenvalue weighted by molar-refractivity contribution is 6.04. The smallest absolute Gasteiger partial charge is 0.319 e. The van der Waals surface area contributed by atoms with E-state index >= 15 is 4.39 Å². The summed E-state index contributed by atoms with van der Waals surface area (Å²) in [7, 11) is 0. The number of nitrogens with one attached hydrogen (secondary N) is 1. The summed E-state index contributed by atoms with van der Waals surface area (Å²) in [4.78, 5) is 18.9. The molecule has 4 aliphatic heterocycles. The number of hydrogen-bond donors (Lipinski definition) is 2. The monoisotopic (exact) mass is 606 g/mol. The van der Waals surface area contributed by atoms with Crippen molar-refractivity contribution in [1.29, 1.82) is 0 Å². The molecule has 2 aromatic heterocycles. The standard InChI is InChI=1S/C35H32F2N6O2/c1-3-24-26(36)10-7-20-15-23(44)16-25(28(20)24)31-30(37)32-29(27(4-2)39-31)33(43-21-8-9-22(43)18-38-17-21)41-34(40-32)45-19-35-11-5-13-42(35)14-6-12-35/h1-2,7,10,15-16,21-22,38,44H,5-6,8-9,11-14,17-19H2/t21-,22+. The van der Waals surface area contributed by atoms with Gasteiger partial charge in [-0.1, -0.05) is 12.0 Å². The van der Waals surface area contributed by atoms with E-state index in [1.54, 1.807) is 0 Å². The third-order valence-electron chi connectivity index (χ3n) is 10.2. The van der Waals surface area contributed by atoms with Gasteiger partial charge in [0.05, 0.1) is 16.5 Å². The Labute approximate surface area is 259 Å². The van der Waals surface area contributed by atoms with E-state index in [2.05, 4.69) is 36.9 Å². The number of phenols is 1. The van der Waals surface area contributed by atoms with Crippen molar-refractivity contribution in [2.45, 2.75) is 56.1 Å². The molecule has 2 atom stereocenters. The molecule has 4 fully saturated rings. The van der Waals surface area contributed by atoms with Crippen LogP contribution in [0, 0.1) is 36.3 Å². The second-order valence-corrected chi connectivity index (χ2v) is 12.6. The maximum absolute atomic E-state index is 17.0. The first-order valence-electron chi connectivity index (χ1n) is 15.6. The molecule has 228 valence electrons. The Kier molecular flexibility index (Phi) is 6.56. The largest absolute Gasteiger partial charge is 0.508 e. The number of terminal acetylenes is 2. The van der Waals surface area contributed by atoms with Gasteiger partial charge in [0.1, 0.15) is 40.9 Å². The zero-order chi connectivity index (χ0) is 30.9. The van der Waals surface area contributed by atoms with Gasteiger partial charge in [0.2, 0.25) is 0 Å². The molecule has 0 spiro atoms. The van der Waals surface area contributed by atoms with Gasteiger partial charge in [0, 0.05) is 36.1 Å². The summed E-state index contributed by atoms with van der Waals surface area (Å²) < 4.78 is 38.3. The third kappa shape index (κ3) is 4.31. The molecule has 0 radical (unpaired) electrons. The highest BCUT2D eigenvalue weighted by Crippen LogP contribution is 2.43. The van der Waals surface area contributed by atoms with Crippen molar-refractivity contribution in [2.24, 2.45) is 0 Å². The Hall–Kier alpha value is -4.51. The SMILES string of the molecule is C#Cc1c(F)ccc2cc(O)cc(-c3nc(C#C)c4c(N5[C@@H]6CC[C@H]5CNC6)nc(OCC56CCCN5CCC6)nc4c3F)c12. The van der Waals surface area contributed by atoms with Crippen LogP contribution in [0.25, 0.3) is 32.9 Å². The number of aromatic hydroxyl groups is 1. The summed E-state index contributed by atoms with van der Waals surface area (Å²) in [6.45, 7) is 4.04. The van der Waals surface area contributed by atoms with E-state index in [0.717, 1.165) is 64.7 Å². The fourth-order valence-corrected chi connectivity index (χ4v) is 8.21. The Bertz CT molecular complexity index is 1940. The maximum atomic E-state index is 17.0. The van der Waals surface area contributed by atoms with E-state index in [9.17, 15) is 9.50 Å². The van der Waals surface area contributed by atoms with Crippen LogP contribution < -0.4 is 15.0 Å². The molecule has 4 saturated heterocycles. The summed E-state index contributed by atoms with van der Waals surface area (Å²) in [5.74, 6) is 3.96. The van der Waals surface area contributed by atoms with Gasteiger partial charge in [-0.05, 0) is 81.1 Å². The number of nitrogens with zero attached hydrogens (tertiary/aromatic N) is 5. The lowest BCUT2D eigenvalue weighted by Gasteiger charge is -2.37. The van der Waals surface area contributed by atoms with Crippen LogP contribution in [-0.4, -0.2) is 75.4 Å². The van der Waals surface area contributed by atoms with Crippen molar-refractivity contribution in [3.8, 4) is 47.7 Å². The number of piperazine rings is 1. The summed E-state index contributed by atoms with van der Waals surface area (Å²) >= 11 is 0. The number of ether oxygens (including phenoxy) is 1. The van der Waals surface area contributed by atoms with E-state index in [-0.39, 0.29) is 62.8 Å². The lowest BCUT2D eigenvalue weighted by molar-refractivity contribution is 0.108. The second kappa shape index (κ2) is 10.5. The summed E-state index contributed by atoms with van der Waals surface area (Å²) in [5.41, 5.74) is -0.0824. The predicted molar refractivity (Wildman–Crippen MR) is 168 cm³/mol. The van der Waals surface area contributed by atoms with Crippen LogP contribution in [0.1, 0.15) is 49.8 Å². The highest BCUT2D eigenvalue weighted by Gasteiger charge is 2.45. The van der Waals surface area contributed by atoms with Gasteiger partial charge in [-0.2, -0.15) is 9.97 Å². The normalized spacial score (nSPS) is 22.1. The first-order chi connectivity index (χ1) is 21.9. The van der Waals surface area contributed by atoms with Gasteiger partial charge >= 0.3 is 6.01 Å². The molecule has 4 aliphatic rings. The Balaban J connectivity index is 1.36. The molecule has 6 heterocycles. The maximum Gasteiger partial charge on any atom is 0.319 e. The van der Waals surface area contributed by atoms with Crippen molar-refractivity contribution in [1.82, 2.24) is 25.2 Å². The zero-order valence-corrected chi connectivity index (χ0v) is 24.7. The molecule has 0 saturated carbocycles. The quantitative estimate of drug-likeness (QED) is 0.315. The molecule has 0 amide bonds. The number of aromatic nitrogens is 3. The molecule has 2 N–H and O–H groups in total. The number of fused-ring (bicyclic) bond motifs is 5. The minimum Gasteiger partial charge on any atom is -0.508 e. The van der Waals surface area contributed by atoms with Crippen molar-refractivity contribution in [3.63, 3.8) is 0 Å². The minimum atomic E-state index is -0.777. The average molecular weight is 607 g/mol. The summed E-state index contributed by atoms with van der Waals surface area (Å²) in [6, 6.07) is 5.86. The number of hydrogen-bond acceptors (Lipinski definition) is 8. The van der Waals surface area contributed by atoms with Crippen molar-refractivity contribution < 1.29 is 18.6 Å². The lowest BCUT2D eigenvalue weighted by Crippen LogP contribution is -2.52. The summed E-state index contributed by atoms with van der Waals surface area (Å²) in [6.07, 6.45) is 18.0. The fourth-order valence-electron chi connectivity index (χ4n) is 8.21. The van der Waals surface area contributed by atoms with Gasteiger partial charge in [0.25, 0.3) is 0 Å². The Morgan fingerprint density at radius 2 is 1.76 bits per heavy atom. The number of benzene rings is 2. The minimum absolute atomic E-state index is 0.0340. The van der Waals surface area contributed by atoms with Crippen molar-refractivity contribution in [3.05, 3.63) is 47.2 Å². The Morgan fingerprint density at radius 3 is 2.47 bits per heavy atom. The topological polar surface area (TPSA) is 86.6 Å². The van der Waals surface area contributed by atoms with Gasteiger partial charge in [-0.3, -0.25) is 4.90 Å². The molecule has 2 bridgehead atoms. The first kappa shape index (κ1) is 28.0. The van der Waals surface area contributed by atoms with Crippen LogP contribution in [0.3, 0.4) is 0 Å². The van der Waals surface area contributed by atoms with Crippen LogP contribution in [-0.2, 0) is 0 Å². The molecule has 4 aromatic rings. The number of rotatable bonds is 5. The number of phenolic OH excluding ortho intramolecular Hbond substituents is 1. The molecule has 2 aromatic carbocycles. The van der Waals surface area contributed by atoms with Crippen LogP contribution in [0.2, 0.25) is 0 Å². The molecular formula is C35H32F2N6O2. The average Bonchev–Trinajstić information content (AvgIpc) is 3.70. The molecule has 8 nitrogen and oxygen atoms in total. The van der Waals surface area contributed by atoms with Gasteiger partial charge in [-0.25, -0.2) is 13.8 Å². The second-order valence-electron chi connectivity index (χ2n) is 12.6. The molecule has 10 heteroatoms. The van der Waals surface area contributed by atoms with E-state index < -0.39 is 11.6 Å². The van der Waals surface area contributed by atoms with E-state index in [1.165, 1.54) is 24.3 Å². The molecule has 0 unspecified atom stereocenters. The van der Waals surface area contributed by atoms with Gasteiger partial charge in [0.15, 0.2) is 5.82 Å². The third-order valence-corrected chi connectivity index (χ3v) is 10.2. The highest BCUT2D eigenvalue weighted by atomic mass is 19.1. The fraction of sp³-hybridized carbons (Fsp3) is 0.400.